The Hall–Kier alpha value is -1.69. The number of hydrogen-bond acceptors (Lipinski definition) is 4. The number of benzene rings is 1. The first-order valence-electron chi connectivity index (χ1n) is 5.12. The first-order chi connectivity index (χ1) is 8.06. The Balaban J connectivity index is 2.18. The van der Waals surface area contributed by atoms with Crippen LogP contribution in [0.3, 0.4) is 0 Å². The fourth-order valence-electron chi connectivity index (χ4n) is 1.48. The van der Waals surface area contributed by atoms with Crippen LogP contribution in [-0.4, -0.2) is 28.8 Å². The van der Waals surface area contributed by atoms with Gasteiger partial charge in [0.25, 0.3) is 0 Å². The summed E-state index contributed by atoms with van der Waals surface area (Å²) in [5, 5.41) is 14.4. The van der Waals surface area contributed by atoms with E-state index in [-0.39, 0.29) is 5.91 Å². The number of thioether (sulfide) groups is 1. The van der Waals surface area contributed by atoms with Crippen LogP contribution in [0.15, 0.2) is 23.1 Å². The van der Waals surface area contributed by atoms with E-state index in [0.29, 0.717) is 11.4 Å². The summed E-state index contributed by atoms with van der Waals surface area (Å²) in [5.74, 6) is -0.530. The van der Waals surface area contributed by atoms with Crippen molar-refractivity contribution in [2.45, 2.75) is 17.9 Å². The Morgan fingerprint density at radius 3 is 3.06 bits per heavy atom. The van der Waals surface area contributed by atoms with Crippen LogP contribution in [0.2, 0.25) is 0 Å². The Labute approximate surface area is 103 Å². The van der Waals surface area contributed by atoms with Crippen molar-refractivity contribution in [3.63, 3.8) is 0 Å². The van der Waals surface area contributed by atoms with Crippen molar-refractivity contribution in [2.75, 3.05) is 16.4 Å². The monoisotopic (exact) mass is 252 g/mol. The number of carbonyl (C=O) groups excluding carboxylic acids is 1. The highest BCUT2D eigenvalue weighted by molar-refractivity contribution is 8.00. The largest absolute Gasteiger partial charge is 0.480 e. The van der Waals surface area contributed by atoms with Gasteiger partial charge in [0.1, 0.15) is 6.04 Å². The van der Waals surface area contributed by atoms with E-state index in [9.17, 15) is 9.59 Å². The first-order valence-corrected chi connectivity index (χ1v) is 6.11. The summed E-state index contributed by atoms with van der Waals surface area (Å²) in [6.45, 7) is 1.56. The van der Waals surface area contributed by atoms with E-state index in [2.05, 4.69) is 10.6 Å². The lowest BCUT2D eigenvalue weighted by Crippen LogP contribution is -2.25. The van der Waals surface area contributed by atoms with Gasteiger partial charge in [-0.1, -0.05) is 0 Å². The van der Waals surface area contributed by atoms with Crippen molar-refractivity contribution in [1.29, 1.82) is 0 Å². The minimum Gasteiger partial charge on any atom is -0.480 e. The van der Waals surface area contributed by atoms with Gasteiger partial charge in [0, 0.05) is 10.6 Å². The number of nitrogens with one attached hydrogen (secondary N) is 2. The number of carbonyl (C=O) groups is 2. The molecule has 3 N–H and O–H groups in total. The fraction of sp³-hybridized carbons (Fsp3) is 0.273. The molecular weight excluding hydrogens is 240 g/mol. The van der Waals surface area contributed by atoms with Crippen LogP contribution in [-0.2, 0) is 9.59 Å². The van der Waals surface area contributed by atoms with Gasteiger partial charge >= 0.3 is 5.97 Å². The molecule has 90 valence electrons. The molecule has 0 spiro atoms. The van der Waals surface area contributed by atoms with E-state index in [0.717, 1.165) is 10.6 Å². The maximum Gasteiger partial charge on any atom is 0.325 e. The number of rotatable bonds is 3. The molecule has 1 unspecified atom stereocenters. The average molecular weight is 252 g/mol. The van der Waals surface area contributed by atoms with Crippen molar-refractivity contribution >= 4 is 35.0 Å². The first kappa shape index (κ1) is 11.8. The number of fused-ring (bicyclic) bond motifs is 1. The number of carboxylic acids is 1. The van der Waals surface area contributed by atoms with E-state index in [1.165, 1.54) is 11.8 Å². The van der Waals surface area contributed by atoms with E-state index >= 15 is 0 Å². The maximum absolute atomic E-state index is 11.2. The van der Waals surface area contributed by atoms with Crippen LogP contribution in [0.4, 0.5) is 11.4 Å². The summed E-state index contributed by atoms with van der Waals surface area (Å²) >= 11 is 1.47. The van der Waals surface area contributed by atoms with Gasteiger partial charge < -0.3 is 15.7 Å². The molecule has 6 heteroatoms. The highest BCUT2D eigenvalue weighted by Gasteiger charge is 2.16. The molecule has 2 rings (SSSR count). The SMILES string of the molecule is CC(Nc1ccc2c(c1)NC(=O)CS2)C(=O)O. The molecule has 0 saturated carbocycles. The molecule has 0 aliphatic carbocycles. The Kier molecular flexibility index (Phi) is 3.23. The number of aliphatic carboxylic acids is 1. The Morgan fingerprint density at radius 2 is 2.35 bits per heavy atom. The van der Waals surface area contributed by atoms with Gasteiger partial charge in [-0.2, -0.15) is 0 Å². The van der Waals surface area contributed by atoms with Crippen molar-refractivity contribution in [3.05, 3.63) is 18.2 Å². The van der Waals surface area contributed by atoms with Crippen molar-refractivity contribution < 1.29 is 14.7 Å². The molecule has 17 heavy (non-hydrogen) atoms. The molecule has 0 aromatic heterocycles. The smallest absolute Gasteiger partial charge is 0.325 e. The number of amides is 1. The lowest BCUT2D eigenvalue weighted by molar-refractivity contribution is -0.137. The minimum atomic E-state index is -0.916. The lowest BCUT2D eigenvalue weighted by atomic mass is 10.2. The van der Waals surface area contributed by atoms with Gasteiger partial charge in [0.2, 0.25) is 5.91 Å². The summed E-state index contributed by atoms with van der Waals surface area (Å²) in [6, 6.07) is 4.76. The average Bonchev–Trinajstić information content (AvgIpc) is 2.28. The zero-order chi connectivity index (χ0) is 12.4. The van der Waals surface area contributed by atoms with Gasteiger partial charge in [-0.15, -0.1) is 11.8 Å². The third kappa shape index (κ3) is 2.71. The maximum atomic E-state index is 11.2. The third-order valence-electron chi connectivity index (χ3n) is 2.37. The Bertz CT molecular complexity index is 476. The minimum absolute atomic E-state index is 0.0362. The molecule has 1 heterocycles. The summed E-state index contributed by atoms with van der Waals surface area (Å²) < 4.78 is 0. The van der Waals surface area contributed by atoms with Gasteiger partial charge in [0.05, 0.1) is 11.4 Å². The zero-order valence-corrected chi connectivity index (χ0v) is 10.0. The second-order valence-electron chi connectivity index (χ2n) is 3.75. The summed E-state index contributed by atoms with van der Waals surface area (Å²) in [4.78, 5) is 22.9. The van der Waals surface area contributed by atoms with E-state index < -0.39 is 12.0 Å². The van der Waals surface area contributed by atoms with Crippen LogP contribution in [0.1, 0.15) is 6.92 Å². The number of carboxylic acid groups (broad SMARTS) is 1. The highest BCUT2D eigenvalue weighted by Crippen LogP contribution is 2.33. The van der Waals surface area contributed by atoms with Crippen molar-refractivity contribution in [3.8, 4) is 0 Å². The molecule has 1 aromatic rings. The standard InChI is InChI=1S/C11H12N2O3S/c1-6(11(15)16)12-7-2-3-9-8(4-7)13-10(14)5-17-9/h2-4,6,12H,5H2,1H3,(H,13,14)(H,15,16). The predicted molar refractivity (Wildman–Crippen MR) is 66.5 cm³/mol. The molecule has 1 aliphatic rings. The molecule has 1 aromatic carbocycles. The molecule has 5 nitrogen and oxygen atoms in total. The van der Waals surface area contributed by atoms with Gasteiger partial charge in [-0.3, -0.25) is 9.59 Å². The zero-order valence-electron chi connectivity index (χ0n) is 9.19. The summed E-state index contributed by atoms with van der Waals surface area (Å²) in [6.07, 6.45) is 0. The highest BCUT2D eigenvalue weighted by atomic mass is 32.2. The van der Waals surface area contributed by atoms with Crippen LogP contribution < -0.4 is 10.6 Å². The van der Waals surface area contributed by atoms with Crippen LogP contribution in [0.5, 0.6) is 0 Å². The molecule has 0 bridgehead atoms. The second kappa shape index (κ2) is 4.67. The molecule has 1 amide bonds. The number of anilines is 2. The van der Waals surface area contributed by atoms with Crippen molar-refractivity contribution in [1.82, 2.24) is 0 Å². The molecule has 0 saturated heterocycles. The van der Waals surface area contributed by atoms with Gasteiger partial charge in [-0.05, 0) is 25.1 Å². The summed E-state index contributed by atoms with van der Waals surface area (Å²) in [7, 11) is 0. The Morgan fingerprint density at radius 1 is 1.59 bits per heavy atom. The van der Waals surface area contributed by atoms with Crippen LogP contribution >= 0.6 is 11.8 Å². The van der Waals surface area contributed by atoms with E-state index in [1.807, 2.05) is 12.1 Å². The normalized spacial score (nSPS) is 15.7. The predicted octanol–water partition coefficient (Wildman–Crippen LogP) is 1.62. The van der Waals surface area contributed by atoms with Gasteiger partial charge in [-0.25, -0.2) is 0 Å². The fourth-order valence-corrected chi connectivity index (χ4v) is 2.27. The quantitative estimate of drug-likeness (QED) is 0.761. The molecule has 1 aliphatic heterocycles. The molecule has 1 atom stereocenters. The number of hydrogen-bond donors (Lipinski definition) is 3. The molecule has 0 radical (unpaired) electrons. The lowest BCUT2D eigenvalue weighted by Gasteiger charge is -2.18. The van der Waals surface area contributed by atoms with E-state index in [4.69, 9.17) is 5.11 Å². The third-order valence-corrected chi connectivity index (χ3v) is 3.44. The van der Waals surface area contributed by atoms with Crippen LogP contribution in [0, 0.1) is 0 Å². The second-order valence-corrected chi connectivity index (χ2v) is 4.77. The van der Waals surface area contributed by atoms with Crippen LogP contribution in [0.25, 0.3) is 0 Å². The summed E-state index contributed by atoms with van der Waals surface area (Å²) in [5.41, 5.74) is 1.41. The molecular formula is C11H12N2O3S. The van der Waals surface area contributed by atoms with Gasteiger partial charge in [0.15, 0.2) is 0 Å². The van der Waals surface area contributed by atoms with Crippen molar-refractivity contribution in [2.24, 2.45) is 0 Å². The van der Waals surface area contributed by atoms with E-state index in [1.54, 1.807) is 13.0 Å². The topological polar surface area (TPSA) is 78.4 Å². The molecule has 0 fully saturated rings.